The van der Waals surface area contributed by atoms with E-state index in [1.165, 1.54) is 13.2 Å². The highest BCUT2D eigenvalue weighted by atomic mass is 79.9. The van der Waals surface area contributed by atoms with Gasteiger partial charge in [-0.1, -0.05) is 0 Å². The number of methoxy groups -OCH3 is 1. The van der Waals surface area contributed by atoms with Gasteiger partial charge in [0.15, 0.2) is 6.10 Å². The van der Waals surface area contributed by atoms with Crippen LogP contribution in [0.5, 0.6) is 5.75 Å². The van der Waals surface area contributed by atoms with Crippen molar-refractivity contribution in [3.8, 4) is 5.75 Å². The van der Waals surface area contributed by atoms with Crippen molar-refractivity contribution in [2.24, 2.45) is 0 Å². The second-order valence-electron chi connectivity index (χ2n) is 3.18. The molecular formula is C10H10BrFO4. The van der Waals surface area contributed by atoms with E-state index in [4.69, 9.17) is 9.84 Å². The Morgan fingerprint density at radius 2 is 2.19 bits per heavy atom. The van der Waals surface area contributed by atoms with Gasteiger partial charge in [-0.05, 0) is 34.5 Å². The SMILES string of the molecule is COc1c(C)cc(Br)c(F)c1C(O)C(=O)O. The fourth-order valence-electron chi connectivity index (χ4n) is 1.40. The molecule has 88 valence electrons. The summed E-state index contributed by atoms with van der Waals surface area (Å²) in [7, 11) is 1.29. The first-order chi connectivity index (χ1) is 7.40. The summed E-state index contributed by atoms with van der Waals surface area (Å²) < 4.78 is 18.7. The molecule has 0 fully saturated rings. The van der Waals surface area contributed by atoms with Gasteiger partial charge in [0.05, 0.1) is 17.1 Å². The smallest absolute Gasteiger partial charge is 0.337 e. The van der Waals surface area contributed by atoms with Gasteiger partial charge in [-0.3, -0.25) is 0 Å². The van der Waals surface area contributed by atoms with Crippen LogP contribution in [0.15, 0.2) is 10.5 Å². The molecule has 0 bridgehead atoms. The minimum Gasteiger partial charge on any atom is -0.496 e. The molecule has 2 N–H and O–H groups in total. The highest BCUT2D eigenvalue weighted by Gasteiger charge is 2.27. The maximum Gasteiger partial charge on any atom is 0.337 e. The summed E-state index contributed by atoms with van der Waals surface area (Å²) in [6, 6.07) is 1.45. The molecule has 1 atom stereocenters. The molecule has 1 rings (SSSR count). The van der Waals surface area contributed by atoms with Crippen LogP contribution in [-0.4, -0.2) is 23.3 Å². The molecule has 0 aromatic heterocycles. The van der Waals surface area contributed by atoms with E-state index in [9.17, 15) is 14.3 Å². The van der Waals surface area contributed by atoms with Crippen LogP contribution < -0.4 is 4.74 Å². The van der Waals surface area contributed by atoms with Crippen molar-refractivity contribution in [2.45, 2.75) is 13.0 Å². The quantitative estimate of drug-likeness (QED) is 0.894. The molecule has 0 aliphatic carbocycles. The van der Waals surface area contributed by atoms with E-state index in [1.807, 2.05) is 0 Å². The summed E-state index contributed by atoms with van der Waals surface area (Å²) in [5.74, 6) is -2.33. The Morgan fingerprint density at radius 1 is 1.62 bits per heavy atom. The third-order valence-corrected chi connectivity index (χ3v) is 2.68. The lowest BCUT2D eigenvalue weighted by Gasteiger charge is -2.15. The number of carboxylic acids is 1. The highest BCUT2D eigenvalue weighted by Crippen LogP contribution is 2.35. The third-order valence-electron chi connectivity index (χ3n) is 2.10. The first kappa shape index (κ1) is 12.9. The molecule has 0 spiro atoms. The number of ether oxygens (including phenoxy) is 1. The predicted octanol–water partition coefficient (Wildman–Crippen LogP) is 2.02. The van der Waals surface area contributed by atoms with Crippen LogP contribution in [0, 0.1) is 12.7 Å². The van der Waals surface area contributed by atoms with Gasteiger partial charge < -0.3 is 14.9 Å². The molecule has 0 radical (unpaired) electrons. The van der Waals surface area contributed by atoms with E-state index < -0.39 is 17.9 Å². The predicted molar refractivity (Wildman–Crippen MR) is 58.0 cm³/mol. The number of aliphatic hydroxyl groups is 1. The largest absolute Gasteiger partial charge is 0.496 e. The van der Waals surface area contributed by atoms with Gasteiger partial charge in [0.2, 0.25) is 0 Å². The standard InChI is InChI=1S/C10H10BrFO4/c1-4-3-5(11)7(12)6(9(4)16-2)8(13)10(14)15/h3,8,13H,1-2H3,(H,14,15). The van der Waals surface area contributed by atoms with Crippen LogP contribution in [0.3, 0.4) is 0 Å². The molecule has 0 saturated carbocycles. The van der Waals surface area contributed by atoms with Crippen molar-refractivity contribution in [1.29, 1.82) is 0 Å². The molecule has 0 saturated heterocycles. The average Bonchev–Trinajstić information content (AvgIpc) is 2.21. The zero-order valence-corrected chi connectivity index (χ0v) is 10.2. The van der Waals surface area contributed by atoms with E-state index in [2.05, 4.69) is 15.9 Å². The van der Waals surface area contributed by atoms with Gasteiger partial charge in [-0.25, -0.2) is 9.18 Å². The Kier molecular flexibility index (Phi) is 3.88. The van der Waals surface area contributed by atoms with Gasteiger partial charge in [-0.15, -0.1) is 0 Å². The van der Waals surface area contributed by atoms with Crippen molar-refractivity contribution in [1.82, 2.24) is 0 Å². The van der Waals surface area contributed by atoms with Gasteiger partial charge in [0.1, 0.15) is 11.6 Å². The van der Waals surface area contributed by atoms with Gasteiger partial charge in [0.25, 0.3) is 0 Å². The second-order valence-corrected chi connectivity index (χ2v) is 4.03. The lowest BCUT2D eigenvalue weighted by atomic mass is 10.0. The average molecular weight is 293 g/mol. The molecule has 0 amide bonds. The fourth-order valence-corrected chi connectivity index (χ4v) is 1.96. The number of carbonyl (C=O) groups is 1. The van der Waals surface area contributed by atoms with Gasteiger partial charge in [0, 0.05) is 0 Å². The zero-order chi connectivity index (χ0) is 12.5. The van der Waals surface area contributed by atoms with Crippen molar-refractivity contribution in [2.75, 3.05) is 7.11 Å². The molecule has 1 aromatic rings. The number of halogens is 2. The normalized spacial score (nSPS) is 12.3. The molecule has 6 heteroatoms. The van der Waals surface area contributed by atoms with E-state index in [0.29, 0.717) is 5.56 Å². The lowest BCUT2D eigenvalue weighted by Crippen LogP contribution is -2.14. The molecule has 1 unspecified atom stereocenters. The van der Waals surface area contributed by atoms with Crippen LogP contribution in [0.2, 0.25) is 0 Å². The van der Waals surface area contributed by atoms with Crippen molar-refractivity contribution >= 4 is 21.9 Å². The molecule has 16 heavy (non-hydrogen) atoms. The van der Waals surface area contributed by atoms with Crippen LogP contribution in [0.1, 0.15) is 17.2 Å². The minimum atomic E-state index is -1.95. The first-order valence-electron chi connectivity index (χ1n) is 4.33. The number of carboxylic acid groups (broad SMARTS) is 1. The molecule has 1 aromatic carbocycles. The minimum absolute atomic E-state index is 0.0376. The van der Waals surface area contributed by atoms with Crippen LogP contribution in [0.4, 0.5) is 4.39 Å². The zero-order valence-electron chi connectivity index (χ0n) is 8.62. The van der Waals surface area contributed by atoms with Crippen LogP contribution in [-0.2, 0) is 4.79 Å². The van der Waals surface area contributed by atoms with Gasteiger partial charge >= 0.3 is 5.97 Å². The number of hydrogen-bond acceptors (Lipinski definition) is 3. The van der Waals surface area contributed by atoms with Crippen molar-refractivity contribution < 1.29 is 24.1 Å². The Morgan fingerprint density at radius 3 is 2.62 bits per heavy atom. The number of hydrogen-bond donors (Lipinski definition) is 2. The van der Waals surface area contributed by atoms with E-state index in [1.54, 1.807) is 6.92 Å². The maximum absolute atomic E-state index is 13.7. The summed E-state index contributed by atoms with van der Waals surface area (Å²) in [6.45, 7) is 1.63. The molecular weight excluding hydrogens is 283 g/mol. The summed E-state index contributed by atoms with van der Waals surface area (Å²) in [5, 5.41) is 18.1. The molecule has 0 heterocycles. The first-order valence-corrected chi connectivity index (χ1v) is 5.12. The summed E-state index contributed by atoms with van der Waals surface area (Å²) in [6.07, 6.45) is -1.95. The maximum atomic E-state index is 13.7. The third kappa shape index (κ3) is 2.17. The summed E-state index contributed by atoms with van der Waals surface area (Å²) >= 11 is 2.94. The number of aliphatic hydroxyl groups excluding tert-OH is 1. The molecule has 0 aliphatic heterocycles. The molecule has 4 nitrogen and oxygen atoms in total. The molecule has 0 aliphatic rings. The Bertz CT molecular complexity index is 433. The lowest BCUT2D eigenvalue weighted by molar-refractivity contribution is -0.147. The van der Waals surface area contributed by atoms with Crippen LogP contribution in [0.25, 0.3) is 0 Å². The van der Waals surface area contributed by atoms with Crippen molar-refractivity contribution in [3.05, 3.63) is 27.5 Å². The number of aliphatic carboxylic acids is 1. The van der Waals surface area contributed by atoms with E-state index in [0.717, 1.165) is 0 Å². The fraction of sp³-hybridized carbons (Fsp3) is 0.300. The Balaban J connectivity index is 3.50. The number of benzene rings is 1. The Labute approximate surface area is 99.8 Å². The van der Waals surface area contributed by atoms with E-state index in [-0.39, 0.29) is 15.8 Å². The second kappa shape index (κ2) is 4.80. The topological polar surface area (TPSA) is 66.8 Å². The summed E-state index contributed by atoms with van der Waals surface area (Å²) in [4.78, 5) is 10.7. The monoisotopic (exact) mass is 292 g/mol. The van der Waals surface area contributed by atoms with Crippen molar-refractivity contribution in [3.63, 3.8) is 0 Å². The van der Waals surface area contributed by atoms with E-state index >= 15 is 0 Å². The highest BCUT2D eigenvalue weighted by molar-refractivity contribution is 9.10. The van der Waals surface area contributed by atoms with Gasteiger partial charge in [-0.2, -0.15) is 0 Å². The number of rotatable bonds is 3. The number of aryl methyl sites for hydroxylation is 1. The summed E-state index contributed by atoms with van der Waals surface area (Å²) in [5.41, 5.74) is 0.160. The Hall–Kier alpha value is -1.14. The van der Waals surface area contributed by atoms with Crippen LogP contribution >= 0.6 is 15.9 Å².